The highest BCUT2D eigenvalue weighted by molar-refractivity contribution is 7.15. The monoisotopic (exact) mass is 294 g/mol. The molecule has 1 aromatic carbocycles. The maximum atomic E-state index is 5.86. The first kappa shape index (κ1) is 14.4. The van der Waals surface area contributed by atoms with Gasteiger partial charge >= 0.3 is 0 Å². The molecule has 0 aliphatic heterocycles. The standard InChI is InChI=1S/C15H19ClN2S/c1-4-11-6-10(3)7-12(5-2)14(11)17-8-13-9-18-15(16)19-13/h6-7,9,17H,4-5,8H2,1-3H3. The number of hydrogen-bond donors (Lipinski definition) is 1. The number of benzene rings is 1. The fourth-order valence-electron chi connectivity index (χ4n) is 2.27. The molecule has 2 aromatic rings. The van der Waals surface area contributed by atoms with E-state index in [1.165, 1.54) is 33.7 Å². The van der Waals surface area contributed by atoms with Gasteiger partial charge in [0, 0.05) is 16.8 Å². The zero-order valence-corrected chi connectivity index (χ0v) is 13.2. The van der Waals surface area contributed by atoms with Gasteiger partial charge in [-0.25, -0.2) is 4.98 Å². The number of aryl methyl sites for hydroxylation is 3. The van der Waals surface area contributed by atoms with Crippen molar-refractivity contribution >= 4 is 28.6 Å². The second-order valence-corrected chi connectivity index (χ2v) is 6.30. The van der Waals surface area contributed by atoms with E-state index in [0.717, 1.165) is 24.3 Å². The van der Waals surface area contributed by atoms with Crippen molar-refractivity contribution in [3.8, 4) is 0 Å². The van der Waals surface area contributed by atoms with E-state index < -0.39 is 0 Å². The first-order valence-electron chi connectivity index (χ1n) is 6.60. The van der Waals surface area contributed by atoms with Crippen LogP contribution in [0.2, 0.25) is 4.47 Å². The molecule has 0 aliphatic carbocycles. The van der Waals surface area contributed by atoms with E-state index in [0.29, 0.717) is 4.47 Å². The number of rotatable bonds is 5. The smallest absolute Gasteiger partial charge is 0.183 e. The van der Waals surface area contributed by atoms with E-state index in [2.05, 4.69) is 43.2 Å². The predicted molar refractivity (Wildman–Crippen MR) is 84.4 cm³/mol. The summed E-state index contributed by atoms with van der Waals surface area (Å²) in [4.78, 5) is 5.23. The van der Waals surface area contributed by atoms with Crippen LogP contribution in [0.1, 0.15) is 35.4 Å². The molecule has 1 aromatic heterocycles. The van der Waals surface area contributed by atoms with Gasteiger partial charge in [0.05, 0.1) is 6.54 Å². The van der Waals surface area contributed by atoms with E-state index in [1.54, 1.807) is 0 Å². The van der Waals surface area contributed by atoms with Crippen molar-refractivity contribution in [2.75, 3.05) is 5.32 Å². The van der Waals surface area contributed by atoms with E-state index in [-0.39, 0.29) is 0 Å². The molecule has 4 heteroatoms. The van der Waals surface area contributed by atoms with Crippen molar-refractivity contribution in [1.29, 1.82) is 0 Å². The molecule has 0 fully saturated rings. The van der Waals surface area contributed by atoms with Crippen molar-refractivity contribution < 1.29 is 0 Å². The molecule has 0 atom stereocenters. The van der Waals surface area contributed by atoms with Crippen LogP contribution in [0.25, 0.3) is 0 Å². The summed E-state index contributed by atoms with van der Waals surface area (Å²) in [5.41, 5.74) is 5.38. The lowest BCUT2D eigenvalue weighted by molar-refractivity contribution is 1.05. The average Bonchev–Trinajstić information content (AvgIpc) is 2.81. The van der Waals surface area contributed by atoms with E-state index in [4.69, 9.17) is 11.6 Å². The number of aromatic nitrogens is 1. The van der Waals surface area contributed by atoms with E-state index in [9.17, 15) is 0 Å². The van der Waals surface area contributed by atoms with Crippen LogP contribution in [0.4, 0.5) is 5.69 Å². The molecule has 0 spiro atoms. The van der Waals surface area contributed by atoms with Crippen molar-refractivity contribution in [2.24, 2.45) is 0 Å². The highest BCUT2D eigenvalue weighted by Gasteiger charge is 2.08. The van der Waals surface area contributed by atoms with Crippen LogP contribution in [0.3, 0.4) is 0 Å². The molecule has 0 saturated carbocycles. The number of hydrogen-bond acceptors (Lipinski definition) is 3. The van der Waals surface area contributed by atoms with Gasteiger partial charge in [0.2, 0.25) is 0 Å². The minimum absolute atomic E-state index is 0.604. The first-order valence-corrected chi connectivity index (χ1v) is 7.80. The molecule has 0 amide bonds. The Bertz CT molecular complexity index is 538. The maximum absolute atomic E-state index is 5.86. The summed E-state index contributed by atoms with van der Waals surface area (Å²) in [6, 6.07) is 4.53. The minimum Gasteiger partial charge on any atom is -0.380 e. The quantitative estimate of drug-likeness (QED) is 0.853. The van der Waals surface area contributed by atoms with Crippen LogP contribution in [0, 0.1) is 6.92 Å². The molecular weight excluding hydrogens is 276 g/mol. The summed E-state index contributed by atoms with van der Waals surface area (Å²) in [6.07, 6.45) is 3.92. The molecule has 102 valence electrons. The van der Waals surface area contributed by atoms with Gasteiger partial charge in [-0.05, 0) is 30.9 Å². The summed E-state index contributed by atoms with van der Waals surface area (Å²) < 4.78 is 0.604. The van der Waals surface area contributed by atoms with Crippen molar-refractivity contribution in [1.82, 2.24) is 4.98 Å². The molecule has 1 heterocycles. The summed E-state index contributed by atoms with van der Waals surface area (Å²) in [5.74, 6) is 0. The Morgan fingerprint density at radius 3 is 2.32 bits per heavy atom. The van der Waals surface area contributed by atoms with Gasteiger partial charge in [-0.2, -0.15) is 0 Å². The summed E-state index contributed by atoms with van der Waals surface area (Å²) in [5, 5.41) is 3.55. The molecule has 0 radical (unpaired) electrons. The minimum atomic E-state index is 0.604. The second-order valence-electron chi connectivity index (χ2n) is 4.60. The topological polar surface area (TPSA) is 24.9 Å². The summed E-state index contributed by atoms with van der Waals surface area (Å²) in [6.45, 7) is 7.34. The Kier molecular flexibility index (Phi) is 4.83. The van der Waals surface area contributed by atoms with Crippen LogP contribution in [0.15, 0.2) is 18.3 Å². The average molecular weight is 295 g/mol. The van der Waals surface area contributed by atoms with E-state index >= 15 is 0 Å². The molecule has 0 bridgehead atoms. The molecule has 0 saturated heterocycles. The lowest BCUT2D eigenvalue weighted by atomic mass is 9.99. The Labute approximate surface area is 123 Å². The Morgan fingerprint density at radius 2 is 1.84 bits per heavy atom. The number of halogens is 1. The fraction of sp³-hybridized carbons (Fsp3) is 0.400. The Hall–Kier alpha value is -1.06. The van der Waals surface area contributed by atoms with Crippen LogP contribution >= 0.6 is 22.9 Å². The van der Waals surface area contributed by atoms with Crippen molar-refractivity contribution in [3.05, 3.63) is 44.4 Å². The third-order valence-corrected chi connectivity index (χ3v) is 4.29. The van der Waals surface area contributed by atoms with Gasteiger partial charge in [-0.3, -0.25) is 0 Å². The number of nitrogens with one attached hydrogen (secondary N) is 1. The third-order valence-electron chi connectivity index (χ3n) is 3.17. The third kappa shape index (κ3) is 3.48. The number of nitrogens with zero attached hydrogens (tertiary/aromatic N) is 1. The highest BCUT2D eigenvalue weighted by Crippen LogP contribution is 2.26. The van der Waals surface area contributed by atoms with Crippen LogP contribution in [0.5, 0.6) is 0 Å². The van der Waals surface area contributed by atoms with Crippen molar-refractivity contribution in [3.63, 3.8) is 0 Å². The van der Waals surface area contributed by atoms with Gasteiger partial charge in [0.25, 0.3) is 0 Å². The normalized spacial score (nSPS) is 10.7. The fourth-order valence-corrected chi connectivity index (χ4v) is 3.19. The molecule has 0 aliphatic rings. The highest BCUT2D eigenvalue weighted by atomic mass is 35.5. The predicted octanol–water partition coefficient (Wildman–Crippen LogP) is 4.84. The summed E-state index contributed by atoms with van der Waals surface area (Å²) in [7, 11) is 0. The molecule has 2 nitrogen and oxygen atoms in total. The SMILES string of the molecule is CCc1cc(C)cc(CC)c1NCc1cnc(Cl)s1. The van der Waals surface area contributed by atoms with Crippen LogP contribution in [-0.4, -0.2) is 4.98 Å². The molecular formula is C15H19ClN2S. The largest absolute Gasteiger partial charge is 0.380 e. The van der Waals surface area contributed by atoms with Gasteiger partial charge in [-0.1, -0.05) is 43.1 Å². The number of anilines is 1. The number of thiazole rings is 1. The lowest BCUT2D eigenvalue weighted by Gasteiger charge is -2.16. The second kappa shape index (κ2) is 6.40. The van der Waals surface area contributed by atoms with Gasteiger partial charge < -0.3 is 5.32 Å². The zero-order chi connectivity index (χ0) is 13.8. The maximum Gasteiger partial charge on any atom is 0.183 e. The summed E-state index contributed by atoms with van der Waals surface area (Å²) >= 11 is 7.39. The Balaban J connectivity index is 2.23. The lowest BCUT2D eigenvalue weighted by Crippen LogP contribution is -2.05. The first-order chi connectivity index (χ1) is 9.13. The van der Waals surface area contributed by atoms with Gasteiger partial charge in [0.15, 0.2) is 4.47 Å². The molecule has 1 N–H and O–H groups in total. The van der Waals surface area contributed by atoms with Gasteiger partial charge in [-0.15, -0.1) is 11.3 Å². The van der Waals surface area contributed by atoms with E-state index in [1.807, 2.05) is 6.20 Å². The molecule has 19 heavy (non-hydrogen) atoms. The Morgan fingerprint density at radius 1 is 1.21 bits per heavy atom. The molecule has 2 rings (SSSR count). The van der Waals surface area contributed by atoms with Crippen LogP contribution in [-0.2, 0) is 19.4 Å². The van der Waals surface area contributed by atoms with Crippen LogP contribution < -0.4 is 5.32 Å². The van der Waals surface area contributed by atoms with Gasteiger partial charge in [0.1, 0.15) is 0 Å². The van der Waals surface area contributed by atoms with Crippen molar-refractivity contribution in [2.45, 2.75) is 40.2 Å². The zero-order valence-electron chi connectivity index (χ0n) is 11.6. The molecule has 0 unspecified atom stereocenters.